The Morgan fingerprint density at radius 2 is 1.74 bits per heavy atom. The maximum atomic E-state index is 14.7. The zero-order valence-electron chi connectivity index (χ0n) is 28.6. The van der Waals surface area contributed by atoms with Crippen molar-refractivity contribution in [2.24, 2.45) is 0 Å². The number of nitriles is 1. The van der Waals surface area contributed by atoms with Gasteiger partial charge < -0.3 is 15.0 Å². The third kappa shape index (κ3) is 6.99. The highest BCUT2D eigenvalue weighted by Crippen LogP contribution is 2.44. The summed E-state index contributed by atoms with van der Waals surface area (Å²) >= 11 is 0. The molecule has 0 saturated carbocycles. The van der Waals surface area contributed by atoms with Gasteiger partial charge in [-0.2, -0.15) is 23.5 Å². The van der Waals surface area contributed by atoms with Crippen LogP contribution in [0.5, 0.6) is 0 Å². The first-order valence-corrected chi connectivity index (χ1v) is 17.2. The Labute approximate surface area is 302 Å². The van der Waals surface area contributed by atoms with E-state index in [4.69, 9.17) is 9.84 Å². The van der Waals surface area contributed by atoms with Crippen molar-refractivity contribution in [2.75, 3.05) is 44.2 Å². The number of ether oxygens (including phenoxy) is 1. The largest absolute Gasteiger partial charge is 0.416 e. The second kappa shape index (κ2) is 14.4. The quantitative estimate of drug-likeness (QED) is 0.184. The Bertz CT molecular complexity index is 2050. The number of halogens is 4. The van der Waals surface area contributed by atoms with Gasteiger partial charge in [-0.1, -0.05) is 36.4 Å². The Hall–Kier alpha value is -5.59. The first-order valence-electron chi connectivity index (χ1n) is 17.2. The molecule has 4 atom stereocenters. The predicted octanol–water partition coefficient (Wildman–Crippen LogP) is 4.77. The molecule has 3 amide bonds. The van der Waals surface area contributed by atoms with Gasteiger partial charge in [0, 0.05) is 56.2 Å². The lowest BCUT2D eigenvalue weighted by atomic mass is 9.80. The molecule has 0 spiro atoms. The number of benzene rings is 3. The van der Waals surface area contributed by atoms with Crippen molar-refractivity contribution in [1.29, 1.82) is 5.26 Å². The van der Waals surface area contributed by atoms with Crippen molar-refractivity contribution in [1.82, 2.24) is 24.9 Å². The molecule has 5 heterocycles. The monoisotopic (exact) mass is 729 g/mol. The third-order valence-electron chi connectivity index (χ3n) is 9.89. The van der Waals surface area contributed by atoms with E-state index < -0.39 is 47.2 Å². The number of fused-ring (bicyclic) bond motifs is 3. The van der Waals surface area contributed by atoms with Gasteiger partial charge in [-0.3, -0.25) is 24.2 Å². The maximum absolute atomic E-state index is 14.7. The zero-order chi connectivity index (χ0) is 37.4. The zero-order valence-corrected chi connectivity index (χ0v) is 28.6. The smallest absolute Gasteiger partial charge is 0.372 e. The summed E-state index contributed by atoms with van der Waals surface area (Å²) in [6.07, 6.45) is -3.46. The summed E-state index contributed by atoms with van der Waals surface area (Å²) in [7, 11) is 0. The molecule has 15 heteroatoms. The van der Waals surface area contributed by atoms with E-state index in [9.17, 15) is 37.2 Å². The molecule has 8 rings (SSSR count). The first kappa shape index (κ1) is 35.8. The van der Waals surface area contributed by atoms with Gasteiger partial charge in [0.1, 0.15) is 24.2 Å². The van der Waals surface area contributed by atoms with Gasteiger partial charge in [0.05, 0.1) is 29.5 Å². The molecule has 53 heavy (non-hydrogen) atoms. The highest BCUT2D eigenvalue weighted by molar-refractivity contribution is 6.07. The summed E-state index contributed by atoms with van der Waals surface area (Å²) in [5, 5.41) is 17.3. The SMILES string of the molecule is CCN1C(=O)[C@@H](NC(=O)c2cccc(C(F)(F)F)c2)[C@@H](c2ccc(F)cc2)c2c(C(=O)N(CC#N)CCN3CC4CC(C3)O4)nn(-c3ccccc3)c21. The fraction of sp³-hybridized carbons (Fsp3) is 0.342. The number of carbonyl (C=O) groups excluding carboxylic acids is 3. The second-order valence-corrected chi connectivity index (χ2v) is 13.2. The molecule has 0 aliphatic carbocycles. The number of alkyl halides is 3. The molecule has 3 aromatic carbocycles. The maximum Gasteiger partial charge on any atom is 0.416 e. The Balaban J connectivity index is 1.35. The van der Waals surface area contributed by atoms with Crippen LogP contribution in [0, 0.1) is 17.1 Å². The van der Waals surface area contributed by atoms with E-state index in [-0.39, 0.29) is 54.5 Å². The number of aromatic nitrogens is 2. The number of nitrogens with one attached hydrogen (secondary N) is 1. The number of anilines is 1. The van der Waals surface area contributed by atoms with Gasteiger partial charge in [0.2, 0.25) is 0 Å². The molecule has 1 aromatic heterocycles. The van der Waals surface area contributed by atoms with Gasteiger partial charge in [-0.25, -0.2) is 9.07 Å². The molecule has 4 aliphatic rings. The lowest BCUT2D eigenvalue weighted by Crippen LogP contribution is -2.58. The summed E-state index contributed by atoms with van der Waals surface area (Å²) in [5.41, 5.74) is -0.392. The lowest BCUT2D eigenvalue weighted by molar-refractivity contribution is -0.180. The van der Waals surface area contributed by atoms with E-state index in [1.54, 1.807) is 37.3 Å². The van der Waals surface area contributed by atoms with Gasteiger partial charge in [-0.05, 0) is 55.0 Å². The first-order chi connectivity index (χ1) is 25.5. The minimum Gasteiger partial charge on any atom is -0.372 e. The standard InChI is InChI=1S/C38H35F4N7O4/c1-2-48-35-31(30(23-11-13-26(39)14-12-23)32(37(48)52)44-34(50)24-7-6-8-25(19-24)38(40,41)42)33(45-49(35)27-9-4-3-5-10-27)36(51)47(16-15-43)18-17-46-21-28-20-29(22-46)53-28/h3-14,19,28-30,32H,2,16-18,20-22H2,1H3,(H,44,50)/t28?,29?,30-,32-/m0/s1. The Morgan fingerprint density at radius 3 is 2.38 bits per heavy atom. The fourth-order valence-corrected chi connectivity index (χ4v) is 7.37. The van der Waals surface area contributed by atoms with Crippen molar-refractivity contribution in [2.45, 2.75) is 43.7 Å². The third-order valence-corrected chi connectivity index (χ3v) is 9.89. The highest BCUT2D eigenvalue weighted by atomic mass is 19.4. The number of carbonyl (C=O) groups is 3. The Kier molecular flexibility index (Phi) is 9.75. The average Bonchev–Trinajstić information content (AvgIpc) is 3.53. The average molecular weight is 730 g/mol. The molecule has 3 fully saturated rings. The van der Waals surface area contributed by atoms with Crippen molar-refractivity contribution in [3.63, 3.8) is 0 Å². The molecule has 4 aliphatic heterocycles. The van der Waals surface area contributed by atoms with Crippen LogP contribution in [-0.4, -0.2) is 94.8 Å². The van der Waals surface area contributed by atoms with E-state index in [2.05, 4.69) is 16.3 Å². The number of amides is 3. The molecule has 11 nitrogen and oxygen atoms in total. The molecular weight excluding hydrogens is 694 g/mol. The van der Waals surface area contributed by atoms with Crippen LogP contribution in [0.15, 0.2) is 78.9 Å². The van der Waals surface area contributed by atoms with Crippen LogP contribution in [0.1, 0.15) is 56.8 Å². The van der Waals surface area contributed by atoms with E-state index in [1.165, 1.54) is 44.8 Å². The van der Waals surface area contributed by atoms with Crippen molar-refractivity contribution < 1.29 is 36.7 Å². The number of morpholine rings is 1. The molecular formula is C38H35F4N7O4. The number of likely N-dealkylation sites (N-methyl/N-ethyl adjacent to an activating group) is 1. The van der Waals surface area contributed by atoms with Crippen molar-refractivity contribution in [3.8, 4) is 11.8 Å². The van der Waals surface area contributed by atoms with Crippen molar-refractivity contribution >= 4 is 23.5 Å². The molecule has 274 valence electrons. The highest BCUT2D eigenvalue weighted by Gasteiger charge is 2.48. The number of para-hydroxylation sites is 1. The van der Waals surface area contributed by atoms with E-state index in [1.807, 2.05) is 0 Å². The Morgan fingerprint density at radius 1 is 1.04 bits per heavy atom. The summed E-state index contributed by atoms with van der Waals surface area (Å²) in [4.78, 5) is 47.9. The molecule has 2 unspecified atom stereocenters. The fourth-order valence-electron chi connectivity index (χ4n) is 7.37. The van der Waals surface area contributed by atoms with Crippen LogP contribution in [0.2, 0.25) is 0 Å². The number of hydrogen-bond donors (Lipinski definition) is 1. The number of rotatable bonds is 10. The van der Waals surface area contributed by atoms with Crippen LogP contribution < -0.4 is 10.2 Å². The minimum atomic E-state index is -4.72. The van der Waals surface area contributed by atoms with Crippen LogP contribution >= 0.6 is 0 Å². The van der Waals surface area contributed by atoms with Crippen molar-refractivity contribution in [3.05, 3.63) is 113 Å². The predicted molar refractivity (Wildman–Crippen MR) is 184 cm³/mol. The van der Waals surface area contributed by atoms with Crippen LogP contribution in [0.25, 0.3) is 5.69 Å². The van der Waals surface area contributed by atoms with Crippen LogP contribution in [0.4, 0.5) is 23.4 Å². The normalized spacial score (nSPS) is 21.0. The minimum absolute atomic E-state index is 0.0608. The summed E-state index contributed by atoms with van der Waals surface area (Å²) in [6, 6.07) is 18.4. The van der Waals surface area contributed by atoms with E-state index >= 15 is 0 Å². The van der Waals surface area contributed by atoms with Gasteiger partial charge >= 0.3 is 6.18 Å². The summed E-state index contributed by atoms with van der Waals surface area (Å²) in [5.74, 6) is -3.67. The van der Waals surface area contributed by atoms with Gasteiger partial charge in [-0.15, -0.1) is 0 Å². The molecule has 1 N–H and O–H groups in total. The summed E-state index contributed by atoms with van der Waals surface area (Å²) < 4.78 is 62.3. The number of nitrogens with zero attached hydrogens (tertiary/aromatic N) is 6. The van der Waals surface area contributed by atoms with Crippen LogP contribution in [0.3, 0.4) is 0 Å². The van der Waals surface area contributed by atoms with Gasteiger partial charge in [0.15, 0.2) is 5.69 Å². The lowest BCUT2D eigenvalue weighted by Gasteiger charge is -2.47. The van der Waals surface area contributed by atoms with E-state index in [0.29, 0.717) is 37.0 Å². The molecule has 0 radical (unpaired) electrons. The van der Waals surface area contributed by atoms with E-state index in [0.717, 1.165) is 18.6 Å². The van der Waals surface area contributed by atoms with Gasteiger partial charge in [0.25, 0.3) is 17.7 Å². The molecule has 3 saturated heterocycles. The molecule has 2 bridgehead atoms. The molecule has 4 aromatic rings. The number of piperidine rings is 1. The number of hydrogen-bond acceptors (Lipinski definition) is 7. The topological polar surface area (TPSA) is 124 Å². The summed E-state index contributed by atoms with van der Waals surface area (Å²) in [6.45, 7) is 3.56. The van der Waals surface area contributed by atoms with Crippen LogP contribution in [-0.2, 0) is 15.7 Å². The second-order valence-electron chi connectivity index (χ2n) is 13.2.